The first kappa shape index (κ1) is 18.8. The molecule has 0 N–H and O–H groups in total. The van der Waals surface area contributed by atoms with E-state index < -0.39 is 8.07 Å². The van der Waals surface area contributed by atoms with E-state index in [9.17, 15) is 0 Å². The predicted molar refractivity (Wildman–Crippen MR) is 106 cm³/mol. The normalized spacial score (nSPS) is 14.2. The van der Waals surface area contributed by atoms with E-state index in [1.54, 1.807) is 7.11 Å². The molecule has 0 aliphatic rings. The Bertz CT molecular complexity index is 643. The topological polar surface area (TPSA) is 9.23 Å². The maximum absolute atomic E-state index is 5.29. The summed E-state index contributed by atoms with van der Waals surface area (Å²) >= 11 is 0. The largest absolute Gasteiger partial charge is 0.497 e. The van der Waals surface area contributed by atoms with E-state index in [1.807, 2.05) is 0 Å². The smallest absolute Gasteiger partial charge is 0.118 e. The molecule has 1 unspecified atom stereocenters. The van der Waals surface area contributed by atoms with Crippen LogP contribution in [0.5, 0.6) is 5.75 Å². The monoisotopic (exact) mass is 342 g/mol. The van der Waals surface area contributed by atoms with Gasteiger partial charge in [-0.2, -0.15) is 0 Å². The van der Waals surface area contributed by atoms with Gasteiger partial charge in [-0.05, 0) is 31.2 Å². The maximum Gasteiger partial charge on any atom is 0.118 e. The zero-order valence-electron chi connectivity index (χ0n) is 16.1. The van der Waals surface area contributed by atoms with Crippen molar-refractivity contribution in [2.24, 2.45) is 0 Å². The number of nitrogens with zero attached hydrogens (tertiary/aromatic N) is 1. The first-order valence-corrected chi connectivity index (χ1v) is 12.4. The van der Waals surface area contributed by atoms with Gasteiger partial charge in [0.25, 0.3) is 0 Å². The zero-order valence-corrected chi connectivity index (χ0v) is 17.1. The second kappa shape index (κ2) is 7.54. The van der Waals surface area contributed by atoms with Gasteiger partial charge in [0, 0.05) is 11.1 Å². The minimum Gasteiger partial charge on any atom is -0.497 e. The molecule has 3 heteroatoms. The molecular weight excluding hydrogens is 310 g/mol. The minimum atomic E-state index is -1.18. The minimum absolute atomic E-state index is 0.927. The average Bonchev–Trinajstić information content (AvgIpc) is 2.48. The number of rotatable bonds is 7. The Balaban J connectivity index is 2.22. The van der Waals surface area contributed by atoms with Crippen LogP contribution in [0.1, 0.15) is 16.7 Å². The van der Waals surface area contributed by atoms with Gasteiger partial charge < -0.3 is 9.22 Å². The highest BCUT2D eigenvalue weighted by atomic mass is 28.3. The summed E-state index contributed by atoms with van der Waals surface area (Å²) in [4.78, 5) is 0. The highest BCUT2D eigenvalue weighted by Crippen LogP contribution is 2.22. The lowest BCUT2D eigenvalue weighted by Crippen LogP contribution is -2.52. The molecule has 2 aromatic rings. The molecule has 0 amide bonds. The Labute approximate surface area is 148 Å². The summed E-state index contributed by atoms with van der Waals surface area (Å²) in [7, 11) is 2.94. The molecule has 0 saturated heterocycles. The molecule has 1 atom stereocenters. The summed E-state index contributed by atoms with van der Waals surface area (Å²) < 4.78 is 6.35. The third-order valence-corrected chi connectivity index (χ3v) is 5.98. The fraction of sp³-hybridized carbons (Fsp3) is 0.429. The summed E-state index contributed by atoms with van der Waals surface area (Å²) in [5, 5.41) is 0. The van der Waals surface area contributed by atoms with Crippen molar-refractivity contribution in [3.05, 3.63) is 65.2 Å². The summed E-state index contributed by atoms with van der Waals surface area (Å²) in [5.74, 6) is 0.927. The van der Waals surface area contributed by atoms with Crippen molar-refractivity contribution < 1.29 is 9.22 Å². The lowest BCUT2D eigenvalue weighted by atomic mass is 10.1. The van der Waals surface area contributed by atoms with Crippen LogP contribution in [0.4, 0.5) is 0 Å². The first-order valence-electron chi connectivity index (χ1n) is 8.71. The zero-order chi connectivity index (χ0) is 17.8. The van der Waals surface area contributed by atoms with Gasteiger partial charge in [-0.3, -0.25) is 0 Å². The van der Waals surface area contributed by atoms with Crippen LogP contribution in [-0.2, 0) is 13.1 Å². The van der Waals surface area contributed by atoms with Crippen molar-refractivity contribution in [1.82, 2.24) is 0 Å². The number of ether oxygens (including phenoxy) is 1. The van der Waals surface area contributed by atoms with E-state index in [4.69, 9.17) is 4.74 Å². The molecule has 2 aromatic carbocycles. The number of hydrogen-bond acceptors (Lipinski definition) is 1. The van der Waals surface area contributed by atoms with Gasteiger partial charge in [0.1, 0.15) is 26.9 Å². The highest BCUT2D eigenvalue weighted by Gasteiger charge is 2.30. The SMILES string of the molecule is COc1ccc(C[N+](C)(Cc2ccc(C)cc2)C[Si](C)(C)C)cc1. The van der Waals surface area contributed by atoms with Crippen LogP contribution in [0, 0.1) is 6.92 Å². The maximum atomic E-state index is 5.29. The molecule has 0 aromatic heterocycles. The standard InChI is InChI=1S/C21H32NOSi/c1-18-7-9-19(10-8-18)15-22(2,17-24(4,5)6)16-20-11-13-21(23-3)14-12-20/h7-14H,15-17H2,1-6H3/q+1. The molecule has 130 valence electrons. The van der Waals surface area contributed by atoms with Crippen LogP contribution in [-0.4, -0.2) is 32.9 Å². The lowest BCUT2D eigenvalue weighted by molar-refractivity contribution is -0.926. The molecule has 2 nitrogen and oxygen atoms in total. The third-order valence-electron chi connectivity index (χ3n) is 4.26. The molecule has 0 spiro atoms. The van der Waals surface area contributed by atoms with Crippen LogP contribution in [0.25, 0.3) is 0 Å². The van der Waals surface area contributed by atoms with E-state index in [1.165, 1.54) is 22.9 Å². The van der Waals surface area contributed by atoms with Crippen LogP contribution in [0.15, 0.2) is 48.5 Å². The van der Waals surface area contributed by atoms with Gasteiger partial charge in [0.15, 0.2) is 0 Å². The van der Waals surface area contributed by atoms with Crippen LogP contribution < -0.4 is 4.74 Å². The molecule has 2 rings (SSSR count). The predicted octanol–water partition coefficient (Wildman–Crippen LogP) is 5.03. The quantitative estimate of drug-likeness (QED) is 0.506. The van der Waals surface area contributed by atoms with Gasteiger partial charge in [0.2, 0.25) is 0 Å². The molecule has 0 saturated carbocycles. The van der Waals surface area contributed by atoms with Gasteiger partial charge in [0.05, 0.1) is 20.3 Å². The second-order valence-corrected chi connectivity index (χ2v) is 13.9. The summed E-state index contributed by atoms with van der Waals surface area (Å²) in [5.41, 5.74) is 4.13. The molecule has 0 radical (unpaired) electrons. The van der Waals surface area contributed by atoms with Gasteiger partial charge >= 0.3 is 0 Å². The Morgan fingerprint density at radius 3 is 1.71 bits per heavy atom. The van der Waals surface area contributed by atoms with Crippen LogP contribution in [0.3, 0.4) is 0 Å². The first-order chi connectivity index (χ1) is 11.2. The van der Waals surface area contributed by atoms with Crippen LogP contribution >= 0.6 is 0 Å². The number of hydrogen-bond donors (Lipinski definition) is 0. The second-order valence-electron chi connectivity index (χ2n) is 8.49. The van der Waals surface area contributed by atoms with Gasteiger partial charge in [-0.1, -0.05) is 49.5 Å². The molecule has 0 heterocycles. The number of benzene rings is 2. The van der Waals surface area contributed by atoms with E-state index in [0.717, 1.165) is 23.3 Å². The Hall–Kier alpha value is -1.58. The van der Waals surface area contributed by atoms with Crippen molar-refractivity contribution >= 4 is 8.07 Å². The molecule has 0 aliphatic carbocycles. The molecule has 0 aliphatic heterocycles. The molecule has 0 fully saturated rings. The molecule has 24 heavy (non-hydrogen) atoms. The van der Waals surface area contributed by atoms with E-state index >= 15 is 0 Å². The van der Waals surface area contributed by atoms with Crippen molar-refractivity contribution in [1.29, 1.82) is 0 Å². The number of quaternary nitrogens is 1. The molecular formula is C21H32NOSi+. The average molecular weight is 343 g/mol. The van der Waals surface area contributed by atoms with Gasteiger partial charge in [-0.25, -0.2) is 0 Å². The van der Waals surface area contributed by atoms with E-state index in [2.05, 4.69) is 82.1 Å². The van der Waals surface area contributed by atoms with E-state index in [0.29, 0.717) is 0 Å². The number of aryl methyl sites for hydroxylation is 1. The van der Waals surface area contributed by atoms with E-state index in [-0.39, 0.29) is 0 Å². The summed E-state index contributed by atoms with van der Waals surface area (Å²) in [6.45, 7) is 11.7. The summed E-state index contributed by atoms with van der Waals surface area (Å²) in [6.07, 6.45) is 1.27. The van der Waals surface area contributed by atoms with Crippen LogP contribution in [0.2, 0.25) is 19.6 Å². The fourth-order valence-electron chi connectivity index (χ4n) is 3.62. The van der Waals surface area contributed by atoms with Crippen molar-refractivity contribution in [2.75, 3.05) is 20.3 Å². The Morgan fingerprint density at radius 2 is 1.29 bits per heavy atom. The van der Waals surface area contributed by atoms with Gasteiger partial charge in [-0.15, -0.1) is 0 Å². The van der Waals surface area contributed by atoms with Crippen molar-refractivity contribution in [3.8, 4) is 5.75 Å². The fourth-order valence-corrected chi connectivity index (χ4v) is 6.13. The molecule has 0 bridgehead atoms. The third kappa shape index (κ3) is 5.80. The highest BCUT2D eigenvalue weighted by molar-refractivity contribution is 6.75. The lowest BCUT2D eigenvalue weighted by Gasteiger charge is -2.39. The van der Waals surface area contributed by atoms with Crippen molar-refractivity contribution in [3.63, 3.8) is 0 Å². The summed E-state index contributed by atoms with van der Waals surface area (Å²) in [6, 6.07) is 17.6. The van der Waals surface area contributed by atoms with Crippen molar-refractivity contribution in [2.45, 2.75) is 39.7 Å². The Kier molecular flexibility index (Phi) is 5.89. The Morgan fingerprint density at radius 1 is 0.833 bits per heavy atom. The number of methoxy groups -OCH3 is 1.